The van der Waals surface area contributed by atoms with Crippen molar-refractivity contribution in [1.29, 1.82) is 0 Å². The first-order valence-electron chi connectivity index (χ1n) is 11.9. The lowest BCUT2D eigenvalue weighted by molar-refractivity contribution is -0.274. The van der Waals surface area contributed by atoms with Gasteiger partial charge in [0.1, 0.15) is 5.75 Å². The monoisotopic (exact) mass is 481 g/mol. The van der Waals surface area contributed by atoms with Gasteiger partial charge >= 0.3 is 6.36 Å². The van der Waals surface area contributed by atoms with Crippen LogP contribution in [0.3, 0.4) is 0 Å². The largest absolute Gasteiger partial charge is 0.573 e. The van der Waals surface area contributed by atoms with Crippen LogP contribution in [-0.4, -0.2) is 66.2 Å². The molecule has 3 saturated heterocycles. The van der Waals surface area contributed by atoms with Gasteiger partial charge in [0.25, 0.3) is 0 Å². The summed E-state index contributed by atoms with van der Waals surface area (Å²) in [5.41, 5.74) is 10.1. The summed E-state index contributed by atoms with van der Waals surface area (Å²) in [5.74, 6) is 0.715. The number of benzene rings is 1. The Morgan fingerprint density at radius 1 is 0.941 bits per heavy atom. The summed E-state index contributed by atoms with van der Waals surface area (Å²) < 4.78 is 40.7. The molecule has 3 unspecified atom stereocenters. The fourth-order valence-corrected chi connectivity index (χ4v) is 5.86. The molecule has 11 heteroatoms. The third-order valence-electron chi connectivity index (χ3n) is 7.65. The number of nitrogens with zero attached hydrogens (tertiary/aromatic N) is 2. The number of alkyl halides is 3. The zero-order valence-electron chi connectivity index (χ0n) is 18.8. The van der Waals surface area contributed by atoms with Crippen LogP contribution in [0, 0.1) is 17.8 Å². The van der Waals surface area contributed by atoms with Crippen molar-refractivity contribution >= 4 is 11.8 Å². The fourth-order valence-electron chi connectivity index (χ4n) is 5.86. The first-order chi connectivity index (χ1) is 16.2. The SMILES string of the molecule is O=C(CCc1ccc(OC(F)(F)F)cc1)N1C[C@@H]2CN(C(=O)C3CCC4NNNC4C3)C[C@H]2C1. The number of hydrogen-bond acceptors (Lipinski definition) is 6. The van der Waals surface area contributed by atoms with Crippen molar-refractivity contribution in [1.82, 2.24) is 26.2 Å². The van der Waals surface area contributed by atoms with E-state index in [2.05, 4.69) is 21.1 Å². The molecule has 3 N–H and O–H groups in total. The molecule has 8 nitrogen and oxygen atoms in total. The number of hydrogen-bond donors (Lipinski definition) is 3. The number of likely N-dealkylation sites (tertiary alicyclic amines) is 2. The molecule has 0 spiro atoms. The van der Waals surface area contributed by atoms with E-state index < -0.39 is 6.36 Å². The molecule has 186 valence electrons. The minimum Gasteiger partial charge on any atom is -0.406 e. The van der Waals surface area contributed by atoms with Gasteiger partial charge in [-0.25, -0.2) is 10.9 Å². The van der Waals surface area contributed by atoms with Gasteiger partial charge < -0.3 is 14.5 Å². The molecule has 5 rings (SSSR count). The average Bonchev–Trinajstić information content (AvgIpc) is 3.51. The van der Waals surface area contributed by atoms with E-state index in [4.69, 9.17) is 0 Å². The number of amides is 2. The standard InChI is InChI=1S/C23H30F3N5O3/c24-23(25,26)34-18-5-1-14(2-6-18)3-8-21(32)30-10-16-12-31(13-17(16)11-30)22(33)15-4-7-19-20(9-15)28-29-27-19/h1-2,5-6,15-17,19-20,27-29H,3-4,7-13H2/t15?,16-,17-,19?,20?/m1/s1. The first-order valence-corrected chi connectivity index (χ1v) is 11.9. The van der Waals surface area contributed by atoms with Gasteiger partial charge in [-0.1, -0.05) is 12.1 Å². The molecular weight excluding hydrogens is 451 g/mol. The molecule has 2 amide bonds. The molecule has 0 radical (unpaired) electrons. The number of aryl methyl sites for hydroxylation is 1. The maximum absolute atomic E-state index is 13.1. The maximum Gasteiger partial charge on any atom is 0.573 e. The summed E-state index contributed by atoms with van der Waals surface area (Å²) >= 11 is 0. The van der Waals surface area contributed by atoms with Crippen LogP contribution in [0.2, 0.25) is 0 Å². The Labute approximate surface area is 196 Å². The molecule has 4 aliphatic rings. The number of carbonyl (C=O) groups excluding carboxylic acids is 2. The lowest BCUT2D eigenvalue weighted by Crippen LogP contribution is -2.45. The molecule has 0 aromatic heterocycles. The van der Waals surface area contributed by atoms with E-state index in [0.29, 0.717) is 56.9 Å². The summed E-state index contributed by atoms with van der Waals surface area (Å²) in [4.78, 5) is 29.7. The second-order valence-corrected chi connectivity index (χ2v) is 9.89. The molecule has 1 aromatic carbocycles. The summed E-state index contributed by atoms with van der Waals surface area (Å²) in [5, 5.41) is 0. The Morgan fingerprint density at radius 3 is 2.26 bits per heavy atom. The van der Waals surface area contributed by atoms with Gasteiger partial charge in [0.05, 0.1) is 0 Å². The molecule has 0 bridgehead atoms. The summed E-state index contributed by atoms with van der Waals surface area (Å²) in [7, 11) is 0. The molecule has 4 fully saturated rings. The predicted molar refractivity (Wildman–Crippen MR) is 116 cm³/mol. The molecule has 3 heterocycles. The molecule has 1 aliphatic carbocycles. The van der Waals surface area contributed by atoms with Crippen molar-refractivity contribution in [3.8, 4) is 5.75 Å². The number of ether oxygens (including phenoxy) is 1. The Hall–Kier alpha value is -2.37. The normalized spacial score (nSPS) is 30.9. The minimum atomic E-state index is -4.72. The zero-order chi connectivity index (χ0) is 23.9. The number of rotatable bonds is 5. The number of halogens is 3. The van der Waals surface area contributed by atoms with Crippen LogP contribution in [0.4, 0.5) is 13.2 Å². The van der Waals surface area contributed by atoms with Crippen molar-refractivity contribution < 1.29 is 27.5 Å². The Bertz CT molecular complexity index is 898. The van der Waals surface area contributed by atoms with E-state index >= 15 is 0 Å². The van der Waals surface area contributed by atoms with Crippen molar-refractivity contribution in [3.63, 3.8) is 0 Å². The van der Waals surface area contributed by atoms with E-state index in [9.17, 15) is 22.8 Å². The van der Waals surface area contributed by atoms with Gasteiger partial charge in [0.2, 0.25) is 11.8 Å². The van der Waals surface area contributed by atoms with Crippen LogP contribution >= 0.6 is 0 Å². The van der Waals surface area contributed by atoms with Crippen LogP contribution in [0.15, 0.2) is 24.3 Å². The molecule has 34 heavy (non-hydrogen) atoms. The van der Waals surface area contributed by atoms with Crippen molar-refractivity contribution in [3.05, 3.63) is 29.8 Å². The molecule has 1 aromatic rings. The molecule has 5 atom stereocenters. The van der Waals surface area contributed by atoms with E-state index in [1.807, 2.05) is 9.80 Å². The van der Waals surface area contributed by atoms with E-state index in [1.165, 1.54) is 12.1 Å². The van der Waals surface area contributed by atoms with Crippen LogP contribution < -0.4 is 21.1 Å². The third kappa shape index (κ3) is 5.16. The number of nitrogens with one attached hydrogen (secondary N) is 3. The lowest BCUT2D eigenvalue weighted by Gasteiger charge is -2.32. The Morgan fingerprint density at radius 2 is 1.59 bits per heavy atom. The smallest absolute Gasteiger partial charge is 0.406 e. The Balaban J connectivity index is 1.06. The van der Waals surface area contributed by atoms with E-state index in [0.717, 1.165) is 24.8 Å². The van der Waals surface area contributed by atoms with Crippen LogP contribution in [-0.2, 0) is 16.0 Å². The second kappa shape index (κ2) is 9.35. The summed E-state index contributed by atoms with van der Waals surface area (Å²) in [6.45, 7) is 2.75. The van der Waals surface area contributed by atoms with Crippen molar-refractivity contribution in [2.75, 3.05) is 26.2 Å². The zero-order valence-corrected chi connectivity index (χ0v) is 18.8. The van der Waals surface area contributed by atoms with Gasteiger partial charge in [-0.05, 0) is 43.4 Å². The van der Waals surface area contributed by atoms with Gasteiger partial charge in [-0.2, -0.15) is 5.53 Å². The number of fused-ring (bicyclic) bond motifs is 2. The van der Waals surface area contributed by atoms with Gasteiger partial charge in [0, 0.05) is 62.4 Å². The quantitative estimate of drug-likeness (QED) is 0.592. The van der Waals surface area contributed by atoms with Crippen LogP contribution in [0.5, 0.6) is 5.75 Å². The first kappa shape index (κ1) is 23.4. The minimum absolute atomic E-state index is 0.0496. The summed E-state index contributed by atoms with van der Waals surface area (Å²) in [6.07, 6.45) is -1.24. The number of carbonyl (C=O) groups is 2. The molecular formula is C23H30F3N5O3. The Kier molecular flexibility index (Phi) is 6.43. The van der Waals surface area contributed by atoms with E-state index in [1.54, 1.807) is 12.1 Å². The van der Waals surface area contributed by atoms with Gasteiger partial charge in [0.15, 0.2) is 0 Å². The number of hydrazine groups is 2. The van der Waals surface area contributed by atoms with Crippen LogP contribution in [0.1, 0.15) is 31.2 Å². The maximum atomic E-state index is 13.1. The van der Waals surface area contributed by atoms with Crippen LogP contribution in [0.25, 0.3) is 0 Å². The topological polar surface area (TPSA) is 85.9 Å². The molecule has 3 aliphatic heterocycles. The van der Waals surface area contributed by atoms with Crippen molar-refractivity contribution in [2.45, 2.75) is 50.6 Å². The third-order valence-corrected chi connectivity index (χ3v) is 7.65. The second-order valence-electron chi connectivity index (χ2n) is 9.89. The van der Waals surface area contributed by atoms with Gasteiger partial charge in [-0.15, -0.1) is 13.2 Å². The summed E-state index contributed by atoms with van der Waals surface area (Å²) in [6, 6.07) is 6.30. The van der Waals surface area contributed by atoms with Crippen molar-refractivity contribution in [2.24, 2.45) is 17.8 Å². The average molecular weight is 482 g/mol. The fraction of sp³-hybridized carbons (Fsp3) is 0.652. The highest BCUT2D eigenvalue weighted by molar-refractivity contribution is 5.80. The molecule has 1 saturated carbocycles. The highest BCUT2D eigenvalue weighted by Crippen LogP contribution is 2.35. The highest BCUT2D eigenvalue weighted by Gasteiger charge is 2.45. The predicted octanol–water partition coefficient (Wildman–Crippen LogP) is 1.58. The lowest BCUT2D eigenvalue weighted by atomic mass is 9.82. The highest BCUT2D eigenvalue weighted by atomic mass is 19.4. The van der Waals surface area contributed by atoms with Gasteiger partial charge in [-0.3, -0.25) is 9.59 Å². The van der Waals surface area contributed by atoms with E-state index in [-0.39, 0.29) is 29.5 Å².